The largest absolute Gasteiger partial charge is 0.294 e. The Bertz CT molecular complexity index is 891. The lowest BCUT2D eigenvalue weighted by Gasteiger charge is -2.28. The summed E-state index contributed by atoms with van der Waals surface area (Å²) >= 11 is 0. The molecule has 128 valence electrons. The fraction of sp³-hybridized carbons (Fsp3) is 0.364. The van der Waals surface area contributed by atoms with Crippen molar-refractivity contribution in [3.63, 3.8) is 0 Å². The van der Waals surface area contributed by atoms with E-state index in [1.54, 1.807) is 0 Å². The average molecular weight is 331 g/mol. The lowest BCUT2D eigenvalue weighted by molar-refractivity contribution is 0.243. The van der Waals surface area contributed by atoms with Gasteiger partial charge < -0.3 is 0 Å². The minimum absolute atomic E-state index is 0.212. The Labute approximate surface area is 149 Å². The molecule has 0 saturated carbocycles. The number of benzene rings is 1. The van der Waals surface area contributed by atoms with E-state index in [1.807, 2.05) is 12.3 Å². The number of pyridine rings is 2. The minimum atomic E-state index is 0.212. The van der Waals surface area contributed by atoms with E-state index in [2.05, 4.69) is 67.1 Å². The molecule has 0 spiro atoms. The summed E-state index contributed by atoms with van der Waals surface area (Å²) in [5, 5.41) is 1.14. The summed E-state index contributed by atoms with van der Waals surface area (Å²) in [7, 11) is 0. The first-order valence-corrected chi connectivity index (χ1v) is 9.04. The SMILES string of the molecule is CC(C)(C)c1ccc(CN2CCc3nc4ncccc4cc3C2)cc1. The van der Waals surface area contributed by atoms with Crippen LogP contribution in [0, 0.1) is 0 Å². The van der Waals surface area contributed by atoms with E-state index < -0.39 is 0 Å². The first kappa shape index (κ1) is 16.2. The molecule has 0 fully saturated rings. The molecule has 4 rings (SSSR count). The highest BCUT2D eigenvalue weighted by Gasteiger charge is 2.19. The summed E-state index contributed by atoms with van der Waals surface area (Å²) in [5.41, 5.74) is 6.41. The summed E-state index contributed by atoms with van der Waals surface area (Å²) in [4.78, 5) is 11.6. The Kier molecular flexibility index (Phi) is 4.04. The Morgan fingerprint density at radius 1 is 1.08 bits per heavy atom. The molecule has 0 radical (unpaired) electrons. The molecule has 3 nitrogen and oxygen atoms in total. The van der Waals surface area contributed by atoms with E-state index in [1.165, 1.54) is 22.4 Å². The fourth-order valence-corrected chi connectivity index (χ4v) is 3.53. The maximum atomic E-state index is 4.76. The quantitative estimate of drug-likeness (QED) is 0.693. The van der Waals surface area contributed by atoms with Crippen LogP contribution < -0.4 is 0 Å². The topological polar surface area (TPSA) is 29.0 Å². The van der Waals surface area contributed by atoms with Gasteiger partial charge in [0.1, 0.15) is 0 Å². The van der Waals surface area contributed by atoms with Crippen LogP contribution >= 0.6 is 0 Å². The van der Waals surface area contributed by atoms with E-state index in [0.717, 1.165) is 37.1 Å². The smallest absolute Gasteiger partial charge is 0.159 e. The molecular formula is C22H25N3. The zero-order chi connectivity index (χ0) is 17.4. The average Bonchev–Trinajstić information content (AvgIpc) is 2.59. The van der Waals surface area contributed by atoms with Gasteiger partial charge in [-0.05, 0) is 40.3 Å². The molecule has 0 atom stereocenters. The molecule has 3 aromatic rings. The predicted octanol–water partition coefficient (Wildman–Crippen LogP) is 4.49. The van der Waals surface area contributed by atoms with Crippen molar-refractivity contribution in [2.24, 2.45) is 0 Å². The second-order valence-corrected chi connectivity index (χ2v) is 8.05. The standard InChI is InChI=1S/C22H25N3/c1-22(2,3)19-8-6-16(7-9-19)14-25-12-10-20-18(15-25)13-17-5-4-11-23-21(17)24-20/h4-9,11,13H,10,12,14-15H2,1-3H3. The Hall–Kier alpha value is -2.26. The number of fused-ring (bicyclic) bond motifs is 2. The molecule has 1 aromatic carbocycles. The van der Waals surface area contributed by atoms with Gasteiger partial charge in [-0.15, -0.1) is 0 Å². The molecule has 3 heterocycles. The highest BCUT2D eigenvalue weighted by molar-refractivity contribution is 5.75. The third-order valence-corrected chi connectivity index (χ3v) is 5.04. The van der Waals surface area contributed by atoms with E-state index in [4.69, 9.17) is 4.98 Å². The number of nitrogens with zero attached hydrogens (tertiary/aromatic N) is 3. The van der Waals surface area contributed by atoms with Gasteiger partial charge in [-0.1, -0.05) is 45.0 Å². The van der Waals surface area contributed by atoms with Gasteiger partial charge in [-0.2, -0.15) is 0 Å². The van der Waals surface area contributed by atoms with Crippen LogP contribution in [0.4, 0.5) is 0 Å². The Balaban J connectivity index is 1.51. The second-order valence-electron chi connectivity index (χ2n) is 8.05. The van der Waals surface area contributed by atoms with Crippen LogP contribution in [-0.4, -0.2) is 21.4 Å². The number of rotatable bonds is 2. The summed E-state index contributed by atoms with van der Waals surface area (Å²) in [6.45, 7) is 9.80. The summed E-state index contributed by atoms with van der Waals surface area (Å²) < 4.78 is 0. The van der Waals surface area contributed by atoms with Gasteiger partial charge in [0, 0.05) is 43.3 Å². The summed E-state index contributed by atoms with van der Waals surface area (Å²) in [6, 6.07) is 15.4. The molecule has 0 N–H and O–H groups in total. The molecule has 25 heavy (non-hydrogen) atoms. The van der Waals surface area contributed by atoms with Crippen molar-refractivity contribution in [2.45, 2.75) is 45.7 Å². The summed E-state index contributed by atoms with van der Waals surface area (Å²) in [6.07, 6.45) is 2.82. The van der Waals surface area contributed by atoms with Gasteiger partial charge in [0.15, 0.2) is 5.65 Å². The van der Waals surface area contributed by atoms with Gasteiger partial charge in [-0.25, -0.2) is 9.97 Å². The van der Waals surface area contributed by atoms with Crippen LogP contribution in [0.2, 0.25) is 0 Å². The van der Waals surface area contributed by atoms with Crippen molar-refractivity contribution in [2.75, 3.05) is 6.54 Å². The van der Waals surface area contributed by atoms with Crippen LogP contribution in [0.1, 0.15) is 43.2 Å². The molecular weight excluding hydrogens is 306 g/mol. The number of hydrogen-bond donors (Lipinski definition) is 0. The van der Waals surface area contributed by atoms with Crippen LogP contribution in [0.25, 0.3) is 11.0 Å². The second kappa shape index (κ2) is 6.23. The molecule has 0 aliphatic carbocycles. The molecule has 1 aliphatic heterocycles. The van der Waals surface area contributed by atoms with E-state index in [-0.39, 0.29) is 5.41 Å². The lowest BCUT2D eigenvalue weighted by atomic mass is 9.86. The molecule has 0 amide bonds. The molecule has 0 bridgehead atoms. The predicted molar refractivity (Wildman–Crippen MR) is 102 cm³/mol. The first-order chi connectivity index (χ1) is 12.0. The highest BCUT2D eigenvalue weighted by atomic mass is 15.1. The molecule has 0 saturated heterocycles. The van der Waals surface area contributed by atoms with Crippen molar-refractivity contribution in [1.82, 2.24) is 14.9 Å². The number of hydrogen-bond acceptors (Lipinski definition) is 3. The Morgan fingerprint density at radius 2 is 1.88 bits per heavy atom. The zero-order valence-electron chi connectivity index (χ0n) is 15.3. The zero-order valence-corrected chi connectivity index (χ0v) is 15.3. The summed E-state index contributed by atoms with van der Waals surface area (Å²) in [5.74, 6) is 0. The monoisotopic (exact) mass is 331 g/mol. The lowest BCUT2D eigenvalue weighted by Crippen LogP contribution is -2.30. The van der Waals surface area contributed by atoms with Gasteiger partial charge in [-0.3, -0.25) is 4.90 Å². The first-order valence-electron chi connectivity index (χ1n) is 9.04. The van der Waals surface area contributed by atoms with Crippen molar-refractivity contribution in [3.05, 3.63) is 71.0 Å². The van der Waals surface area contributed by atoms with Gasteiger partial charge in [0.05, 0.1) is 0 Å². The van der Waals surface area contributed by atoms with Crippen LogP contribution in [0.5, 0.6) is 0 Å². The fourth-order valence-electron chi connectivity index (χ4n) is 3.53. The van der Waals surface area contributed by atoms with Gasteiger partial charge in [0.25, 0.3) is 0 Å². The maximum absolute atomic E-state index is 4.76. The van der Waals surface area contributed by atoms with Crippen molar-refractivity contribution < 1.29 is 0 Å². The highest BCUT2D eigenvalue weighted by Crippen LogP contribution is 2.25. The van der Waals surface area contributed by atoms with Gasteiger partial charge >= 0.3 is 0 Å². The molecule has 3 heteroatoms. The van der Waals surface area contributed by atoms with E-state index in [9.17, 15) is 0 Å². The van der Waals surface area contributed by atoms with Crippen LogP contribution in [0.3, 0.4) is 0 Å². The van der Waals surface area contributed by atoms with Crippen LogP contribution in [0.15, 0.2) is 48.7 Å². The van der Waals surface area contributed by atoms with Crippen molar-refractivity contribution in [3.8, 4) is 0 Å². The van der Waals surface area contributed by atoms with Crippen molar-refractivity contribution in [1.29, 1.82) is 0 Å². The maximum Gasteiger partial charge on any atom is 0.159 e. The van der Waals surface area contributed by atoms with Crippen LogP contribution in [-0.2, 0) is 24.9 Å². The van der Waals surface area contributed by atoms with E-state index >= 15 is 0 Å². The normalized spacial score (nSPS) is 15.3. The van der Waals surface area contributed by atoms with Crippen molar-refractivity contribution >= 4 is 11.0 Å². The third kappa shape index (κ3) is 3.42. The Morgan fingerprint density at radius 3 is 2.64 bits per heavy atom. The third-order valence-electron chi connectivity index (χ3n) is 5.04. The minimum Gasteiger partial charge on any atom is -0.294 e. The molecule has 0 unspecified atom stereocenters. The van der Waals surface area contributed by atoms with Gasteiger partial charge in [0.2, 0.25) is 0 Å². The number of aromatic nitrogens is 2. The van der Waals surface area contributed by atoms with E-state index in [0.29, 0.717) is 0 Å². The molecule has 2 aromatic heterocycles. The molecule has 1 aliphatic rings.